The van der Waals surface area contributed by atoms with E-state index in [4.69, 9.17) is 5.11 Å². The molecule has 1 saturated carbocycles. The first-order valence-electron chi connectivity index (χ1n) is 5.88. The SMILES string of the molecule is O=C(O)CC(Nc1ccc(C(F)(F)F)cn1)C1CC1. The number of aliphatic carboxylic acids is 1. The van der Waals surface area contributed by atoms with Gasteiger partial charge in [-0.15, -0.1) is 0 Å². The molecule has 1 aliphatic carbocycles. The summed E-state index contributed by atoms with van der Waals surface area (Å²) in [7, 11) is 0. The van der Waals surface area contributed by atoms with E-state index >= 15 is 0 Å². The monoisotopic (exact) mass is 274 g/mol. The Kier molecular flexibility index (Phi) is 3.64. The summed E-state index contributed by atoms with van der Waals surface area (Å²) in [5.41, 5.74) is -0.820. The van der Waals surface area contributed by atoms with Gasteiger partial charge in [0.25, 0.3) is 0 Å². The molecule has 1 aromatic heterocycles. The summed E-state index contributed by atoms with van der Waals surface area (Å²) in [5, 5.41) is 11.7. The smallest absolute Gasteiger partial charge is 0.417 e. The maximum absolute atomic E-state index is 12.4. The maximum Gasteiger partial charge on any atom is 0.417 e. The second-order valence-electron chi connectivity index (χ2n) is 4.62. The van der Waals surface area contributed by atoms with Gasteiger partial charge in [-0.3, -0.25) is 4.79 Å². The van der Waals surface area contributed by atoms with Crippen LogP contribution >= 0.6 is 0 Å². The molecule has 0 saturated heterocycles. The third-order valence-corrected chi connectivity index (χ3v) is 3.01. The number of rotatable bonds is 5. The Balaban J connectivity index is 2.03. The number of anilines is 1. The molecule has 7 heteroatoms. The van der Waals surface area contributed by atoms with Gasteiger partial charge in [0, 0.05) is 12.2 Å². The van der Waals surface area contributed by atoms with Crippen LogP contribution < -0.4 is 5.32 Å². The fourth-order valence-electron chi connectivity index (χ4n) is 1.86. The highest BCUT2D eigenvalue weighted by Crippen LogP contribution is 2.36. The van der Waals surface area contributed by atoms with E-state index < -0.39 is 17.7 Å². The number of aromatic nitrogens is 1. The van der Waals surface area contributed by atoms with Crippen molar-refractivity contribution < 1.29 is 23.1 Å². The lowest BCUT2D eigenvalue weighted by atomic mass is 10.1. The first kappa shape index (κ1) is 13.6. The van der Waals surface area contributed by atoms with Gasteiger partial charge in [0.05, 0.1) is 12.0 Å². The van der Waals surface area contributed by atoms with Crippen LogP contribution in [0, 0.1) is 5.92 Å². The van der Waals surface area contributed by atoms with Gasteiger partial charge in [-0.25, -0.2) is 4.98 Å². The second-order valence-corrected chi connectivity index (χ2v) is 4.62. The number of nitrogens with one attached hydrogen (secondary N) is 1. The Hall–Kier alpha value is -1.79. The molecular formula is C12H13F3N2O2. The topological polar surface area (TPSA) is 62.2 Å². The summed E-state index contributed by atoms with van der Waals surface area (Å²) >= 11 is 0. The van der Waals surface area contributed by atoms with Crippen LogP contribution in [-0.4, -0.2) is 22.1 Å². The standard InChI is InChI=1S/C12H13F3N2O2/c13-12(14,15)8-3-4-10(16-6-8)17-9(5-11(18)19)7-1-2-7/h3-4,6-7,9H,1-2,5H2,(H,16,17)(H,18,19). The van der Waals surface area contributed by atoms with E-state index in [0.717, 1.165) is 25.1 Å². The molecule has 104 valence electrons. The third kappa shape index (κ3) is 3.84. The lowest BCUT2D eigenvalue weighted by Gasteiger charge is -2.17. The summed E-state index contributed by atoms with van der Waals surface area (Å²) in [5.74, 6) is -0.400. The molecule has 0 amide bonds. The molecule has 1 fully saturated rings. The largest absolute Gasteiger partial charge is 0.481 e. The highest BCUT2D eigenvalue weighted by Gasteiger charge is 2.33. The van der Waals surface area contributed by atoms with Crippen molar-refractivity contribution >= 4 is 11.8 Å². The molecule has 1 heterocycles. The van der Waals surface area contributed by atoms with Gasteiger partial charge in [-0.05, 0) is 30.9 Å². The van der Waals surface area contributed by atoms with E-state index in [1.54, 1.807) is 0 Å². The Labute approximate surface area is 107 Å². The van der Waals surface area contributed by atoms with Crippen LogP contribution in [-0.2, 0) is 11.0 Å². The number of hydrogen-bond donors (Lipinski definition) is 2. The van der Waals surface area contributed by atoms with Crippen molar-refractivity contribution in [2.75, 3.05) is 5.32 Å². The number of halogens is 3. The van der Waals surface area contributed by atoms with Crippen molar-refractivity contribution in [1.29, 1.82) is 0 Å². The van der Waals surface area contributed by atoms with Crippen LogP contribution in [0.1, 0.15) is 24.8 Å². The van der Waals surface area contributed by atoms with E-state index in [1.165, 1.54) is 6.07 Å². The van der Waals surface area contributed by atoms with Crippen LogP contribution in [0.25, 0.3) is 0 Å². The highest BCUT2D eigenvalue weighted by atomic mass is 19.4. The van der Waals surface area contributed by atoms with Crippen molar-refractivity contribution in [1.82, 2.24) is 4.98 Å². The van der Waals surface area contributed by atoms with Gasteiger partial charge in [-0.2, -0.15) is 13.2 Å². The number of carboxylic acid groups (broad SMARTS) is 1. The number of carbonyl (C=O) groups is 1. The van der Waals surface area contributed by atoms with E-state index in [1.807, 2.05) is 0 Å². The van der Waals surface area contributed by atoms with Crippen molar-refractivity contribution in [3.63, 3.8) is 0 Å². The summed E-state index contributed by atoms with van der Waals surface area (Å²) in [6.45, 7) is 0. The van der Waals surface area contributed by atoms with Crippen molar-refractivity contribution in [3.8, 4) is 0 Å². The molecular weight excluding hydrogens is 261 g/mol. The lowest BCUT2D eigenvalue weighted by Crippen LogP contribution is -2.25. The minimum Gasteiger partial charge on any atom is -0.481 e. The Morgan fingerprint density at radius 2 is 2.16 bits per heavy atom. The average Bonchev–Trinajstić information content (AvgIpc) is 3.10. The second kappa shape index (κ2) is 5.07. The zero-order chi connectivity index (χ0) is 14.0. The molecule has 2 N–H and O–H groups in total. The summed E-state index contributed by atoms with van der Waals surface area (Å²) in [6.07, 6.45) is -1.86. The van der Waals surface area contributed by atoms with Gasteiger partial charge in [-0.1, -0.05) is 0 Å². The molecule has 2 rings (SSSR count). The summed E-state index contributed by atoms with van der Waals surface area (Å²) in [6, 6.07) is 1.88. The van der Waals surface area contributed by atoms with E-state index in [9.17, 15) is 18.0 Å². The Morgan fingerprint density at radius 3 is 2.58 bits per heavy atom. The van der Waals surface area contributed by atoms with E-state index in [0.29, 0.717) is 0 Å². The number of hydrogen-bond acceptors (Lipinski definition) is 3. The van der Waals surface area contributed by atoms with Gasteiger partial charge in [0.1, 0.15) is 5.82 Å². The van der Waals surface area contributed by atoms with Crippen LogP contribution in [0.5, 0.6) is 0 Å². The van der Waals surface area contributed by atoms with Gasteiger partial charge >= 0.3 is 12.1 Å². The molecule has 19 heavy (non-hydrogen) atoms. The fourth-order valence-corrected chi connectivity index (χ4v) is 1.86. The number of carboxylic acids is 1. The van der Waals surface area contributed by atoms with Crippen molar-refractivity contribution in [3.05, 3.63) is 23.9 Å². The number of nitrogens with zero attached hydrogens (tertiary/aromatic N) is 1. The molecule has 0 aromatic carbocycles. The minimum atomic E-state index is -4.41. The zero-order valence-corrected chi connectivity index (χ0v) is 9.94. The number of alkyl halides is 3. The minimum absolute atomic E-state index is 0.0621. The van der Waals surface area contributed by atoms with Crippen molar-refractivity contribution in [2.24, 2.45) is 5.92 Å². The first-order valence-corrected chi connectivity index (χ1v) is 5.88. The predicted octanol–water partition coefficient (Wildman–Crippen LogP) is 2.77. The van der Waals surface area contributed by atoms with E-state index in [2.05, 4.69) is 10.3 Å². The lowest BCUT2D eigenvalue weighted by molar-refractivity contribution is -0.138. The van der Waals surface area contributed by atoms with Gasteiger partial charge < -0.3 is 10.4 Å². The molecule has 1 atom stereocenters. The molecule has 4 nitrogen and oxygen atoms in total. The van der Waals surface area contributed by atoms with Crippen LogP contribution in [0.15, 0.2) is 18.3 Å². The Bertz CT molecular complexity index is 455. The van der Waals surface area contributed by atoms with Crippen molar-refractivity contribution in [2.45, 2.75) is 31.5 Å². The molecule has 1 unspecified atom stereocenters. The average molecular weight is 274 g/mol. The predicted molar refractivity (Wildman–Crippen MR) is 61.6 cm³/mol. The Morgan fingerprint density at radius 1 is 1.47 bits per heavy atom. The van der Waals surface area contributed by atoms with Crippen LogP contribution in [0.3, 0.4) is 0 Å². The molecule has 0 spiro atoms. The molecule has 1 aromatic rings. The third-order valence-electron chi connectivity index (χ3n) is 3.01. The van der Waals surface area contributed by atoms with Gasteiger partial charge in [0.15, 0.2) is 0 Å². The number of pyridine rings is 1. The van der Waals surface area contributed by atoms with Crippen LogP contribution in [0.4, 0.5) is 19.0 Å². The molecule has 0 radical (unpaired) electrons. The molecule has 0 bridgehead atoms. The first-order chi connectivity index (χ1) is 8.86. The quantitative estimate of drug-likeness (QED) is 0.866. The molecule has 1 aliphatic rings. The van der Waals surface area contributed by atoms with Gasteiger partial charge in [0.2, 0.25) is 0 Å². The zero-order valence-electron chi connectivity index (χ0n) is 9.94. The molecule has 0 aliphatic heterocycles. The fraction of sp³-hybridized carbons (Fsp3) is 0.500. The summed E-state index contributed by atoms with van der Waals surface area (Å²) in [4.78, 5) is 14.4. The summed E-state index contributed by atoms with van der Waals surface area (Å²) < 4.78 is 37.1. The maximum atomic E-state index is 12.4. The van der Waals surface area contributed by atoms with E-state index in [-0.39, 0.29) is 24.2 Å². The van der Waals surface area contributed by atoms with Crippen LogP contribution in [0.2, 0.25) is 0 Å². The highest BCUT2D eigenvalue weighted by molar-refractivity contribution is 5.68. The normalized spacial score (nSPS) is 17.0.